The van der Waals surface area contributed by atoms with Crippen LogP contribution in [0.3, 0.4) is 0 Å². The first-order valence-corrected chi connectivity index (χ1v) is 6.07. The third kappa shape index (κ3) is 6.19. The molecule has 0 unspecified atom stereocenters. The highest BCUT2D eigenvalue weighted by Crippen LogP contribution is 1.93. The van der Waals surface area contributed by atoms with Gasteiger partial charge in [-0.25, -0.2) is 9.67 Å². The number of nitrogens with two attached hydrogens (primary N) is 1. The Kier molecular flexibility index (Phi) is 6.13. The zero-order chi connectivity index (χ0) is 13.4. The summed E-state index contributed by atoms with van der Waals surface area (Å²) in [5, 5.41) is 6.61. The van der Waals surface area contributed by atoms with Gasteiger partial charge in [-0.15, -0.1) is 5.10 Å². The van der Waals surface area contributed by atoms with Gasteiger partial charge in [0.05, 0.1) is 0 Å². The summed E-state index contributed by atoms with van der Waals surface area (Å²) in [6, 6.07) is 0. The maximum Gasteiger partial charge on any atom is 0.241 e. The Balaban J connectivity index is 2.03. The second kappa shape index (κ2) is 7.65. The van der Waals surface area contributed by atoms with Crippen molar-refractivity contribution in [2.24, 2.45) is 5.92 Å². The number of ether oxygens (including phenoxy) is 1. The molecule has 7 nitrogen and oxygen atoms in total. The van der Waals surface area contributed by atoms with E-state index in [9.17, 15) is 4.79 Å². The van der Waals surface area contributed by atoms with Crippen molar-refractivity contribution in [2.45, 2.75) is 26.8 Å². The lowest BCUT2D eigenvalue weighted by Crippen LogP contribution is -2.29. The largest absolute Gasteiger partial charge is 0.381 e. The van der Waals surface area contributed by atoms with E-state index in [0.29, 0.717) is 19.1 Å². The molecule has 0 saturated heterocycles. The van der Waals surface area contributed by atoms with E-state index in [1.165, 1.54) is 11.0 Å². The number of hydrogen-bond acceptors (Lipinski definition) is 5. The van der Waals surface area contributed by atoms with Crippen LogP contribution in [0.4, 0.5) is 5.95 Å². The molecule has 0 bridgehead atoms. The summed E-state index contributed by atoms with van der Waals surface area (Å²) >= 11 is 0. The highest BCUT2D eigenvalue weighted by molar-refractivity contribution is 5.75. The molecule has 1 heterocycles. The summed E-state index contributed by atoms with van der Waals surface area (Å²) in [6.45, 7) is 6.36. The smallest absolute Gasteiger partial charge is 0.241 e. The van der Waals surface area contributed by atoms with Gasteiger partial charge in [-0.3, -0.25) is 4.79 Å². The monoisotopic (exact) mass is 255 g/mol. The summed E-state index contributed by atoms with van der Waals surface area (Å²) in [4.78, 5) is 15.2. The van der Waals surface area contributed by atoms with Gasteiger partial charge in [0.25, 0.3) is 0 Å². The first kappa shape index (κ1) is 14.4. The molecule has 7 heteroatoms. The predicted octanol–water partition coefficient (Wildman–Crippen LogP) is 0.0392. The van der Waals surface area contributed by atoms with E-state index in [1.54, 1.807) is 0 Å². The minimum Gasteiger partial charge on any atom is -0.381 e. The van der Waals surface area contributed by atoms with E-state index in [1.807, 2.05) is 0 Å². The van der Waals surface area contributed by atoms with Crippen molar-refractivity contribution in [1.82, 2.24) is 20.1 Å². The van der Waals surface area contributed by atoms with E-state index in [-0.39, 0.29) is 18.4 Å². The molecule has 0 aliphatic rings. The number of nitrogens with one attached hydrogen (secondary N) is 1. The van der Waals surface area contributed by atoms with Crippen LogP contribution < -0.4 is 11.1 Å². The lowest BCUT2D eigenvalue weighted by atomic mass is 10.2. The Labute approximate surface area is 107 Å². The molecule has 1 aromatic heterocycles. The van der Waals surface area contributed by atoms with Crippen LogP contribution in [0, 0.1) is 5.92 Å². The summed E-state index contributed by atoms with van der Waals surface area (Å²) in [5.74, 6) is 0.603. The van der Waals surface area contributed by atoms with Crippen molar-refractivity contribution < 1.29 is 9.53 Å². The van der Waals surface area contributed by atoms with E-state index >= 15 is 0 Å². The quantitative estimate of drug-likeness (QED) is 0.639. The zero-order valence-electron chi connectivity index (χ0n) is 10.9. The maximum absolute atomic E-state index is 11.5. The Morgan fingerprint density at radius 1 is 1.61 bits per heavy atom. The molecule has 0 radical (unpaired) electrons. The van der Waals surface area contributed by atoms with Crippen molar-refractivity contribution in [2.75, 3.05) is 25.5 Å². The van der Waals surface area contributed by atoms with Crippen LogP contribution in [0.15, 0.2) is 6.33 Å². The van der Waals surface area contributed by atoms with Gasteiger partial charge in [-0.1, -0.05) is 13.8 Å². The maximum atomic E-state index is 11.5. The Bertz CT molecular complexity index is 364. The van der Waals surface area contributed by atoms with E-state index in [2.05, 4.69) is 29.2 Å². The number of aromatic nitrogens is 3. The Hall–Kier alpha value is -1.63. The molecule has 0 saturated carbocycles. The van der Waals surface area contributed by atoms with Crippen molar-refractivity contribution in [3.05, 3.63) is 6.33 Å². The number of nitrogens with zero attached hydrogens (tertiary/aromatic N) is 3. The lowest BCUT2D eigenvalue weighted by Gasteiger charge is -2.07. The normalized spacial score (nSPS) is 10.8. The summed E-state index contributed by atoms with van der Waals surface area (Å²) in [5.41, 5.74) is 5.34. The lowest BCUT2D eigenvalue weighted by molar-refractivity contribution is -0.121. The van der Waals surface area contributed by atoms with Crippen LogP contribution in [-0.2, 0) is 16.1 Å². The fraction of sp³-hybridized carbons (Fsp3) is 0.727. The van der Waals surface area contributed by atoms with Crippen LogP contribution >= 0.6 is 0 Å². The topological polar surface area (TPSA) is 95.1 Å². The number of anilines is 1. The molecule has 0 aliphatic heterocycles. The van der Waals surface area contributed by atoms with E-state index in [4.69, 9.17) is 10.5 Å². The SMILES string of the molecule is CC(C)COCCCNC(=O)Cn1cnc(N)n1. The van der Waals surface area contributed by atoms with Gasteiger partial charge in [0.1, 0.15) is 12.9 Å². The second-order valence-corrected chi connectivity index (χ2v) is 4.47. The Morgan fingerprint density at radius 3 is 3.00 bits per heavy atom. The number of hydrogen-bond donors (Lipinski definition) is 2. The number of carbonyl (C=O) groups excluding carboxylic acids is 1. The third-order valence-electron chi connectivity index (χ3n) is 2.10. The Morgan fingerprint density at radius 2 is 2.39 bits per heavy atom. The number of nitrogen functional groups attached to an aromatic ring is 1. The summed E-state index contributed by atoms with van der Waals surface area (Å²) in [7, 11) is 0. The molecule has 1 aromatic rings. The minimum atomic E-state index is -0.108. The highest BCUT2D eigenvalue weighted by Gasteiger charge is 2.03. The van der Waals surface area contributed by atoms with Gasteiger partial charge in [-0.2, -0.15) is 0 Å². The van der Waals surface area contributed by atoms with Gasteiger partial charge in [0.2, 0.25) is 11.9 Å². The van der Waals surface area contributed by atoms with Crippen LogP contribution in [-0.4, -0.2) is 40.4 Å². The standard InChI is InChI=1S/C11H21N5O2/c1-9(2)7-18-5-3-4-13-10(17)6-16-8-14-11(12)15-16/h8-9H,3-7H2,1-2H3,(H2,12,15)(H,13,17). The van der Waals surface area contributed by atoms with Gasteiger partial charge in [-0.05, 0) is 12.3 Å². The molecule has 18 heavy (non-hydrogen) atoms. The van der Waals surface area contributed by atoms with Crippen molar-refractivity contribution in [1.29, 1.82) is 0 Å². The first-order chi connectivity index (χ1) is 8.58. The summed E-state index contributed by atoms with van der Waals surface area (Å²) in [6.07, 6.45) is 2.23. The average molecular weight is 255 g/mol. The van der Waals surface area contributed by atoms with Crippen molar-refractivity contribution >= 4 is 11.9 Å². The first-order valence-electron chi connectivity index (χ1n) is 6.07. The van der Waals surface area contributed by atoms with Gasteiger partial charge < -0.3 is 15.8 Å². The molecule has 0 spiro atoms. The van der Waals surface area contributed by atoms with Crippen molar-refractivity contribution in [3.63, 3.8) is 0 Å². The molecular formula is C11H21N5O2. The van der Waals surface area contributed by atoms with Gasteiger partial charge in [0.15, 0.2) is 0 Å². The fourth-order valence-electron chi connectivity index (χ4n) is 1.31. The molecule has 0 aromatic carbocycles. The van der Waals surface area contributed by atoms with Gasteiger partial charge in [0, 0.05) is 19.8 Å². The van der Waals surface area contributed by atoms with E-state index in [0.717, 1.165) is 13.0 Å². The van der Waals surface area contributed by atoms with E-state index < -0.39 is 0 Å². The number of amides is 1. The minimum absolute atomic E-state index is 0.108. The van der Waals surface area contributed by atoms with Crippen LogP contribution in [0.5, 0.6) is 0 Å². The molecule has 1 amide bonds. The molecule has 1 rings (SSSR count). The predicted molar refractivity (Wildman–Crippen MR) is 67.7 cm³/mol. The van der Waals surface area contributed by atoms with Gasteiger partial charge >= 0.3 is 0 Å². The highest BCUT2D eigenvalue weighted by atomic mass is 16.5. The van der Waals surface area contributed by atoms with Crippen LogP contribution in [0.2, 0.25) is 0 Å². The molecular weight excluding hydrogens is 234 g/mol. The number of carbonyl (C=O) groups is 1. The number of rotatable bonds is 8. The molecule has 102 valence electrons. The molecule has 0 aliphatic carbocycles. The van der Waals surface area contributed by atoms with Crippen LogP contribution in [0.1, 0.15) is 20.3 Å². The van der Waals surface area contributed by atoms with Crippen LogP contribution in [0.25, 0.3) is 0 Å². The summed E-state index contributed by atoms with van der Waals surface area (Å²) < 4.78 is 6.81. The second-order valence-electron chi connectivity index (χ2n) is 4.47. The molecule has 0 fully saturated rings. The van der Waals surface area contributed by atoms with Crippen molar-refractivity contribution in [3.8, 4) is 0 Å². The average Bonchev–Trinajstić information content (AvgIpc) is 2.68. The molecule has 0 atom stereocenters. The molecule has 3 N–H and O–H groups in total. The zero-order valence-corrected chi connectivity index (χ0v) is 10.9. The fourth-order valence-corrected chi connectivity index (χ4v) is 1.31. The third-order valence-corrected chi connectivity index (χ3v) is 2.10.